The lowest BCUT2D eigenvalue weighted by Crippen LogP contribution is -2.52. The van der Waals surface area contributed by atoms with Crippen LogP contribution in [-0.4, -0.2) is 31.6 Å². The molecule has 0 aliphatic carbocycles. The maximum absolute atomic E-state index is 12.2. The third kappa shape index (κ3) is 5.63. The number of benzene rings is 1. The van der Waals surface area contributed by atoms with Crippen LogP contribution in [0.5, 0.6) is 5.75 Å². The van der Waals surface area contributed by atoms with Crippen LogP contribution in [0.15, 0.2) is 24.3 Å². The van der Waals surface area contributed by atoms with Gasteiger partial charge in [-0.05, 0) is 30.0 Å². The second kappa shape index (κ2) is 8.92. The van der Waals surface area contributed by atoms with Crippen molar-refractivity contribution >= 4 is 11.9 Å². The van der Waals surface area contributed by atoms with E-state index in [1.165, 1.54) is 0 Å². The smallest absolute Gasteiger partial charge is 0.312 e. The van der Waals surface area contributed by atoms with Crippen molar-refractivity contribution < 1.29 is 14.3 Å². The van der Waals surface area contributed by atoms with Crippen molar-refractivity contribution in [2.45, 2.75) is 32.7 Å². The SMILES string of the molecule is CC[C@@H](C)[C@H](NC(N)=O)C(=O)NCCc1ccc(OC)cc1. The van der Waals surface area contributed by atoms with Crippen LogP contribution in [0.4, 0.5) is 4.79 Å². The zero-order valence-corrected chi connectivity index (χ0v) is 13.4. The molecule has 0 fully saturated rings. The molecule has 6 nitrogen and oxygen atoms in total. The largest absolute Gasteiger partial charge is 0.497 e. The van der Waals surface area contributed by atoms with Crippen LogP contribution in [0.25, 0.3) is 0 Å². The lowest BCUT2D eigenvalue weighted by molar-refractivity contribution is -0.124. The molecule has 0 unspecified atom stereocenters. The highest BCUT2D eigenvalue weighted by Gasteiger charge is 2.24. The number of nitrogens with two attached hydrogens (primary N) is 1. The molecule has 0 spiro atoms. The standard InChI is InChI=1S/C16H25N3O3/c1-4-11(2)14(19-16(17)21)15(20)18-10-9-12-5-7-13(22-3)8-6-12/h5-8,11,14H,4,9-10H2,1-3H3,(H,18,20)(H3,17,19,21)/t11-,14+/m1/s1. The average Bonchev–Trinajstić information content (AvgIpc) is 2.52. The Bertz CT molecular complexity index is 488. The summed E-state index contributed by atoms with van der Waals surface area (Å²) in [5, 5.41) is 5.34. The molecule has 1 rings (SSSR count). The Labute approximate surface area is 131 Å². The molecule has 3 amide bonds. The van der Waals surface area contributed by atoms with Gasteiger partial charge in [0, 0.05) is 6.54 Å². The second-order valence-electron chi connectivity index (χ2n) is 5.26. The van der Waals surface area contributed by atoms with Crippen LogP contribution in [0, 0.1) is 5.92 Å². The zero-order chi connectivity index (χ0) is 16.5. The maximum atomic E-state index is 12.2. The van der Waals surface area contributed by atoms with Crippen molar-refractivity contribution in [2.75, 3.05) is 13.7 Å². The predicted octanol–water partition coefficient (Wildman–Crippen LogP) is 1.44. The summed E-state index contributed by atoms with van der Waals surface area (Å²) in [5.74, 6) is 0.616. The Morgan fingerprint density at radius 1 is 1.27 bits per heavy atom. The molecule has 6 heteroatoms. The van der Waals surface area contributed by atoms with E-state index < -0.39 is 12.1 Å². The summed E-state index contributed by atoms with van der Waals surface area (Å²) >= 11 is 0. The zero-order valence-electron chi connectivity index (χ0n) is 13.4. The highest BCUT2D eigenvalue weighted by molar-refractivity contribution is 5.86. The summed E-state index contributed by atoms with van der Waals surface area (Å²) in [7, 11) is 1.62. The number of urea groups is 1. The normalized spacial score (nSPS) is 13.0. The van der Waals surface area contributed by atoms with E-state index >= 15 is 0 Å². The molecular formula is C16H25N3O3. The first-order chi connectivity index (χ1) is 10.5. The van der Waals surface area contributed by atoms with Crippen molar-refractivity contribution in [1.82, 2.24) is 10.6 Å². The first-order valence-electron chi connectivity index (χ1n) is 7.44. The summed E-state index contributed by atoms with van der Waals surface area (Å²) in [5.41, 5.74) is 6.23. The number of amides is 3. The van der Waals surface area contributed by atoms with Gasteiger partial charge in [-0.3, -0.25) is 4.79 Å². The third-order valence-electron chi connectivity index (χ3n) is 3.67. The Hall–Kier alpha value is -2.24. The molecule has 1 aromatic rings. The first kappa shape index (κ1) is 17.8. The molecule has 122 valence electrons. The molecule has 0 radical (unpaired) electrons. The van der Waals surface area contributed by atoms with Gasteiger partial charge in [0.25, 0.3) is 0 Å². The lowest BCUT2D eigenvalue weighted by atomic mass is 9.98. The molecular weight excluding hydrogens is 282 g/mol. The second-order valence-corrected chi connectivity index (χ2v) is 5.26. The van der Waals surface area contributed by atoms with E-state index in [1.54, 1.807) is 7.11 Å². The first-order valence-corrected chi connectivity index (χ1v) is 7.44. The molecule has 0 heterocycles. The average molecular weight is 307 g/mol. The number of primary amides is 1. The van der Waals surface area contributed by atoms with Crippen LogP contribution in [0.3, 0.4) is 0 Å². The Balaban J connectivity index is 2.49. The summed E-state index contributed by atoms with van der Waals surface area (Å²) in [6.07, 6.45) is 1.48. The van der Waals surface area contributed by atoms with Gasteiger partial charge >= 0.3 is 6.03 Å². The van der Waals surface area contributed by atoms with Gasteiger partial charge in [-0.1, -0.05) is 32.4 Å². The lowest BCUT2D eigenvalue weighted by Gasteiger charge is -2.22. The molecule has 4 N–H and O–H groups in total. The van der Waals surface area contributed by atoms with Gasteiger partial charge in [0.1, 0.15) is 11.8 Å². The van der Waals surface area contributed by atoms with Gasteiger partial charge < -0.3 is 21.1 Å². The third-order valence-corrected chi connectivity index (χ3v) is 3.67. The van der Waals surface area contributed by atoms with Crippen molar-refractivity contribution in [3.8, 4) is 5.75 Å². The highest BCUT2D eigenvalue weighted by Crippen LogP contribution is 2.11. The van der Waals surface area contributed by atoms with Gasteiger partial charge in [0.05, 0.1) is 7.11 Å². The molecule has 0 saturated heterocycles. The molecule has 2 atom stereocenters. The number of rotatable bonds is 8. The summed E-state index contributed by atoms with van der Waals surface area (Å²) in [6.45, 7) is 4.37. The van der Waals surface area contributed by atoms with Crippen LogP contribution >= 0.6 is 0 Å². The maximum Gasteiger partial charge on any atom is 0.312 e. The minimum absolute atomic E-state index is 0.0217. The van der Waals surface area contributed by atoms with Gasteiger partial charge in [-0.2, -0.15) is 0 Å². The number of nitrogens with one attached hydrogen (secondary N) is 2. The minimum Gasteiger partial charge on any atom is -0.497 e. The summed E-state index contributed by atoms with van der Waals surface area (Å²) in [6, 6.07) is 6.40. The van der Waals surface area contributed by atoms with Crippen molar-refractivity contribution in [1.29, 1.82) is 0 Å². The molecule has 0 aromatic heterocycles. The predicted molar refractivity (Wildman–Crippen MR) is 85.7 cm³/mol. The Kier molecular flexibility index (Phi) is 7.22. The van der Waals surface area contributed by atoms with Crippen LogP contribution in [0.1, 0.15) is 25.8 Å². The summed E-state index contributed by atoms with van der Waals surface area (Å²) < 4.78 is 5.10. The fourth-order valence-corrected chi connectivity index (χ4v) is 2.09. The van der Waals surface area contributed by atoms with Gasteiger partial charge in [0.2, 0.25) is 5.91 Å². The number of carbonyl (C=O) groups excluding carboxylic acids is 2. The van der Waals surface area contributed by atoms with E-state index in [0.29, 0.717) is 13.0 Å². The number of ether oxygens (including phenoxy) is 1. The van der Waals surface area contributed by atoms with Gasteiger partial charge in [-0.25, -0.2) is 4.79 Å². The molecule has 1 aromatic carbocycles. The van der Waals surface area contributed by atoms with E-state index in [2.05, 4.69) is 10.6 Å². The van der Waals surface area contributed by atoms with E-state index in [1.807, 2.05) is 38.1 Å². The number of carbonyl (C=O) groups is 2. The molecule has 0 saturated carbocycles. The Morgan fingerprint density at radius 2 is 1.91 bits per heavy atom. The number of methoxy groups -OCH3 is 1. The van der Waals surface area contributed by atoms with E-state index in [9.17, 15) is 9.59 Å². The van der Waals surface area contributed by atoms with Gasteiger partial charge in [-0.15, -0.1) is 0 Å². The fourth-order valence-electron chi connectivity index (χ4n) is 2.09. The van der Waals surface area contributed by atoms with Gasteiger partial charge in [0.15, 0.2) is 0 Å². The molecule has 0 aliphatic rings. The van der Waals surface area contributed by atoms with E-state index in [4.69, 9.17) is 10.5 Å². The summed E-state index contributed by atoms with van der Waals surface area (Å²) in [4.78, 5) is 23.2. The van der Waals surface area contributed by atoms with Crippen molar-refractivity contribution in [3.63, 3.8) is 0 Å². The monoisotopic (exact) mass is 307 g/mol. The molecule has 22 heavy (non-hydrogen) atoms. The topological polar surface area (TPSA) is 93.5 Å². The van der Waals surface area contributed by atoms with Crippen LogP contribution in [0.2, 0.25) is 0 Å². The highest BCUT2D eigenvalue weighted by atomic mass is 16.5. The van der Waals surface area contributed by atoms with Crippen molar-refractivity contribution in [2.24, 2.45) is 11.7 Å². The minimum atomic E-state index is -0.685. The van der Waals surface area contributed by atoms with Crippen LogP contribution < -0.4 is 21.1 Å². The van der Waals surface area contributed by atoms with Crippen molar-refractivity contribution in [3.05, 3.63) is 29.8 Å². The Morgan fingerprint density at radius 3 is 2.41 bits per heavy atom. The molecule has 0 aliphatic heterocycles. The number of hydrogen-bond acceptors (Lipinski definition) is 3. The van der Waals surface area contributed by atoms with Crippen LogP contribution in [-0.2, 0) is 11.2 Å². The van der Waals surface area contributed by atoms with E-state index in [0.717, 1.165) is 17.7 Å². The molecule has 0 bridgehead atoms. The number of hydrogen-bond donors (Lipinski definition) is 3. The van der Waals surface area contributed by atoms with E-state index in [-0.39, 0.29) is 11.8 Å². The fraction of sp³-hybridized carbons (Fsp3) is 0.500. The quantitative estimate of drug-likeness (QED) is 0.678.